The van der Waals surface area contributed by atoms with E-state index in [1.54, 1.807) is 12.1 Å². The molecule has 0 spiro atoms. The molecule has 1 aromatic carbocycles. The second-order valence-electron chi connectivity index (χ2n) is 4.05. The number of carbonyl (C=O) groups excluding carboxylic acids is 1. The second kappa shape index (κ2) is 7.49. The highest BCUT2D eigenvalue weighted by Crippen LogP contribution is 2.15. The van der Waals surface area contributed by atoms with Crippen LogP contribution in [0.3, 0.4) is 0 Å². The quantitative estimate of drug-likeness (QED) is 0.784. The first-order chi connectivity index (χ1) is 8.65. The summed E-state index contributed by atoms with van der Waals surface area (Å²) >= 11 is 11.7. The maximum Gasteiger partial charge on any atom is 0.258 e. The standard InChI is InChI=1S/C13H17Cl2NO2/c1-2-13(9-14,10-15)16-12(17)8-18-11-6-4-3-5-7-11/h3-7H,2,8-10H2,1H3,(H,16,17). The third-order valence-corrected chi connectivity index (χ3v) is 3.73. The van der Waals surface area contributed by atoms with Crippen LogP contribution in [0.25, 0.3) is 0 Å². The van der Waals surface area contributed by atoms with Gasteiger partial charge < -0.3 is 10.1 Å². The number of ether oxygens (including phenoxy) is 1. The molecule has 0 aliphatic rings. The van der Waals surface area contributed by atoms with Gasteiger partial charge in [0.05, 0.1) is 5.54 Å². The van der Waals surface area contributed by atoms with Gasteiger partial charge in [0.2, 0.25) is 0 Å². The molecule has 0 saturated carbocycles. The number of amides is 1. The van der Waals surface area contributed by atoms with Crippen molar-refractivity contribution in [3.05, 3.63) is 30.3 Å². The lowest BCUT2D eigenvalue weighted by atomic mass is 10.0. The van der Waals surface area contributed by atoms with Crippen molar-refractivity contribution >= 4 is 29.1 Å². The van der Waals surface area contributed by atoms with Crippen molar-refractivity contribution in [3.63, 3.8) is 0 Å². The number of halogens is 2. The van der Waals surface area contributed by atoms with Gasteiger partial charge in [0, 0.05) is 11.8 Å². The minimum absolute atomic E-state index is 0.0421. The summed E-state index contributed by atoms with van der Waals surface area (Å²) in [6.45, 7) is 1.89. The van der Waals surface area contributed by atoms with Gasteiger partial charge in [-0.05, 0) is 18.6 Å². The molecule has 0 radical (unpaired) electrons. The highest BCUT2D eigenvalue weighted by atomic mass is 35.5. The first-order valence-corrected chi connectivity index (χ1v) is 6.83. The van der Waals surface area contributed by atoms with Gasteiger partial charge in [0.25, 0.3) is 5.91 Å². The van der Waals surface area contributed by atoms with E-state index < -0.39 is 5.54 Å². The summed E-state index contributed by atoms with van der Waals surface area (Å²) in [5.41, 5.74) is -0.555. The smallest absolute Gasteiger partial charge is 0.258 e. The minimum Gasteiger partial charge on any atom is -0.484 e. The zero-order chi connectivity index (χ0) is 13.4. The Kier molecular flexibility index (Phi) is 6.30. The number of carbonyl (C=O) groups is 1. The van der Waals surface area contributed by atoms with Crippen LogP contribution in [0, 0.1) is 0 Å². The zero-order valence-electron chi connectivity index (χ0n) is 10.3. The first kappa shape index (κ1) is 15.1. The SMILES string of the molecule is CCC(CCl)(CCl)NC(=O)COc1ccccc1. The summed E-state index contributed by atoms with van der Waals surface area (Å²) in [6.07, 6.45) is 0.678. The second-order valence-corrected chi connectivity index (χ2v) is 4.59. The molecular formula is C13H17Cl2NO2. The minimum atomic E-state index is -0.555. The Hall–Kier alpha value is -0.930. The van der Waals surface area contributed by atoms with Gasteiger partial charge >= 0.3 is 0 Å². The molecular weight excluding hydrogens is 273 g/mol. The third-order valence-electron chi connectivity index (χ3n) is 2.71. The molecule has 0 unspecified atom stereocenters. The summed E-state index contributed by atoms with van der Waals surface area (Å²) in [5.74, 6) is 1.00. The Morgan fingerprint density at radius 3 is 2.39 bits per heavy atom. The molecule has 0 atom stereocenters. The van der Waals surface area contributed by atoms with Gasteiger partial charge in [-0.3, -0.25) is 4.79 Å². The summed E-state index contributed by atoms with van der Waals surface area (Å²) in [4.78, 5) is 11.8. The van der Waals surface area contributed by atoms with Crippen molar-refractivity contribution < 1.29 is 9.53 Å². The molecule has 0 saturated heterocycles. The topological polar surface area (TPSA) is 38.3 Å². The third kappa shape index (κ3) is 4.39. The van der Waals surface area contributed by atoms with Crippen LogP contribution in [-0.2, 0) is 4.79 Å². The Labute approximate surface area is 117 Å². The maximum atomic E-state index is 11.8. The van der Waals surface area contributed by atoms with E-state index in [0.29, 0.717) is 12.2 Å². The van der Waals surface area contributed by atoms with E-state index in [4.69, 9.17) is 27.9 Å². The molecule has 100 valence electrons. The van der Waals surface area contributed by atoms with Gasteiger partial charge in [-0.25, -0.2) is 0 Å². The van der Waals surface area contributed by atoms with E-state index in [1.165, 1.54) is 0 Å². The average Bonchev–Trinajstić information content (AvgIpc) is 2.44. The monoisotopic (exact) mass is 289 g/mol. The molecule has 0 bridgehead atoms. The molecule has 0 heterocycles. The summed E-state index contributed by atoms with van der Waals surface area (Å²) in [6, 6.07) is 9.17. The highest BCUT2D eigenvalue weighted by Gasteiger charge is 2.28. The van der Waals surface area contributed by atoms with Gasteiger partial charge in [0.15, 0.2) is 6.61 Å². The van der Waals surface area contributed by atoms with Gasteiger partial charge in [-0.15, -0.1) is 23.2 Å². The van der Waals surface area contributed by atoms with Crippen LogP contribution in [0.4, 0.5) is 0 Å². The van der Waals surface area contributed by atoms with Crippen LogP contribution in [0.1, 0.15) is 13.3 Å². The average molecular weight is 290 g/mol. The Balaban J connectivity index is 2.46. The number of alkyl halides is 2. The number of benzene rings is 1. The predicted octanol–water partition coefficient (Wildman–Crippen LogP) is 2.81. The van der Waals surface area contributed by atoms with E-state index in [-0.39, 0.29) is 24.3 Å². The lowest BCUT2D eigenvalue weighted by Gasteiger charge is -2.29. The largest absolute Gasteiger partial charge is 0.484 e. The normalized spacial score (nSPS) is 11.1. The van der Waals surface area contributed by atoms with Crippen molar-refractivity contribution in [3.8, 4) is 5.75 Å². The van der Waals surface area contributed by atoms with Gasteiger partial charge in [0.1, 0.15) is 5.75 Å². The van der Waals surface area contributed by atoms with Gasteiger partial charge in [-0.1, -0.05) is 25.1 Å². The van der Waals surface area contributed by atoms with Crippen LogP contribution in [0.15, 0.2) is 30.3 Å². The maximum absolute atomic E-state index is 11.8. The van der Waals surface area contributed by atoms with Crippen LogP contribution >= 0.6 is 23.2 Å². The summed E-state index contributed by atoms with van der Waals surface area (Å²) < 4.78 is 5.35. The molecule has 0 aromatic heterocycles. The fourth-order valence-corrected chi connectivity index (χ4v) is 2.17. The Bertz CT molecular complexity index is 358. The summed E-state index contributed by atoms with van der Waals surface area (Å²) in [7, 11) is 0. The lowest BCUT2D eigenvalue weighted by Crippen LogP contribution is -2.52. The van der Waals surface area contributed by atoms with Crippen LogP contribution in [0.5, 0.6) is 5.75 Å². The molecule has 0 aliphatic carbocycles. The van der Waals surface area contributed by atoms with E-state index in [1.807, 2.05) is 25.1 Å². The molecule has 0 fully saturated rings. The fraction of sp³-hybridized carbons (Fsp3) is 0.462. The van der Waals surface area contributed by atoms with Crippen molar-refractivity contribution in [2.45, 2.75) is 18.9 Å². The van der Waals surface area contributed by atoms with Crippen molar-refractivity contribution in [1.29, 1.82) is 0 Å². The molecule has 3 nitrogen and oxygen atoms in total. The highest BCUT2D eigenvalue weighted by molar-refractivity contribution is 6.22. The van der Waals surface area contributed by atoms with Gasteiger partial charge in [-0.2, -0.15) is 0 Å². The summed E-state index contributed by atoms with van der Waals surface area (Å²) in [5, 5.41) is 2.82. The molecule has 1 N–H and O–H groups in total. The first-order valence-electron chi connectivity index (χ1n) is 5.76. The van der Waals surface area contributed by atoms with Crippen LogP contribution < -0.4 is 10.1 Å². The van der Waals surface area contributed by atoms with E-state index in [2.05, 4.69) is 5.32 Å². The molecule has 0 aliphatic heterocycles. The van der Waals surface area contributed by atoms with Crippen molar-refractivity contribution in [1.82, 2.24) is 5.32 Å². The zero-order valence-corrected chi connectivity index (χ0v) is 11.8. The number of nitrogens with one attached hydrogen (secondary N) is 1. The number of para-hydroxylation sites is 1. The van der Waals surface area contributed by atoms with Crippen LogP contribution in [-0.4, -0.2) is 29.8 Å². The van der Waals surface area contributed by atoms with E-state index >= 15 is 0 Å². The molecule has 5 heteroatoms. The number of rotatable bonds is 7. The molecule has 1 rings (SSSR count). The molecule has 1 amide bonds. The van der Waals surface area contributed by atoms with Crippen molar-refractivity contribution in [2.75, 3.05) is 18.4 Å². The van der Waals surface area contributed by atoms with Crippen molar-refractivity contribution in [2.24, 2.45) is 0 Å². The Morgan fingerprint density at radius 1 is 1.28 bits per heavy atom. The van der Waals surface area contributed by atoms with E-state index in [0.717, 1.165) is 0 Å². The molecule has 18 heavy (non-hydrogen) atoms. The number of hydrogen-bond acceptors (Lipinski definition) is 2. The number of hydrogen-bond donors (Lipinski definition) is 1. The Morgan fingerprint density at radius 2 is 1.89 bits per heavy atom. The van der Waals surface area contributed by atoms with E-state index in [9.17, 15) is 4.79 Å². The van der Waals surface area contributed by atoms with Crippen LogP contribution in [0.2, 0.25) is 0 Å². The predicted molar refractivity (Wildman–Crippen MR) is 74.5 cm³/mol. The fourth-order valence-electron chi connectivity index (χ4n) is 1.38. The molecule has 1 aromatic rings. The lowest BCUT2D eigenvalue weighted by molar-refractivity contribution is -0.124.